The summed E-state index contributed by atoms with van der Waals surface area (Å²) < 4.78 is 35.7. The lowest BCUT2D eigenvalue weighted by molar-refractivity contribution is -0.0389. The zero-order chi connectivity index (χ0) is 20.7. The highest BCUT2D eigenvalue weighted by atomic mass is 32.2. The Labute approximate surface area is 170 Å². The van der Waals surface area contributed by atoms with Crippen LogP contribution in [-0.2, 0) is 19.5 Å². The Hall–Kier alpha value is -0.900. The SMILES string of the molecule is CC(C)O[C@H](COC(=O)N1CCC(N2CCCCC2)CC1)CN(C)S(C)(=O)=O. The number of nitrogens with zero attached hydrogens (tertiary/aromatic N) is 3. The molecular weight excluding hydrogens is 382 g/mol. The molecule has 2 fully saturated rings. The van der Waals surface area contributed by atoms with E-state index in [1.165, 1.54) is 43.7 Å². The summed E-state index contributed by atoms with van der Waals surface area (Å²) in [6.45, 7) is 7.72. The van der Waals surface area contributed by atoms with E-state index in [0.717, 1.165) is 19.1 Å². The van der Waals surface area contributed by atoms with Crippen LogP contribution in [0.4, 0.5) is 4.79 Å². The molecule has 8 nitrogen and oxygen atoms in total. The summed E-state index contributed by atoms with van der Waals surface area (Å²) in [5.41, 5.74) is 0. The largest absolute Gasteiger partial charge is 0.447 e. The topological polar surface area (TPSA) is 79.4 Å². The minimum Gasteiger partial charge on any atom is -0.447 e. The summed E-state index contributed by atoms with van der Waals surface area (Å²) in [5, 5.41) is 0. The van der Waals surface area contributed by atoms with Gasteiger partial charge < -0.3 is 19.3 Å². The minimum absolute atomic E-state index is 0.0446. The van der Waals surface area contributed by atoms with E-state index >= 15 is 0 Å². The first-order valence-electron chi connectivity index (χ1n) is 10.4. The fraction of sp³-hybridized carbons (Fsp3) is 0.947. The fourth-order valence-electron chi connectivity index (χ4n) is 3.89. The van der Waals surface area contributed by atoms with Crippen molar-refractivity contribution in [3.63, 3.8) is 0 Å². The smallest absolute Gasteiger partial charge is 0.409 e. The monoisotopic (exact) mass is 419 g/mol. The summed E-state index contributed by atoms with van der Waals surface area (Å²) in [7, 11) is -1.81. The highest BCUT2D eigenvalue weighted by molar-refractivity contribution is 7.88. The Morgan fingerprint density at radius 3 is 2.25 bits per heavy atom. The standard InChI is InChI=1S/C19H37N3O5S/c1-16(2)27-18(14-20(3)28(4,24)25)15-26-19(23)22-12-8-17(9-13-22)21-10-6-5-7-11-21/h16-18H,5-15H2,1-4H3/t18-/m0/s1. The molecule has 2 aliphatic rings. The fourth-order valence-corrected chi connectivity index (χ4v) is 4.33. The average Bonchev–Trinajstić information content (AvgIpc) is 2.65. The molecule has 2 aliphatic heterocycles. The maximum atomic E-state index is 12.5. The summed E-state index contributed by atoms with van der Waals surface area (Å²) in [4.78, 5) is 16.8. The van der Waals surface area contributed by atoms with Crippen molar-refractivity contribution in [1.82, 2.24) is 14.1 Å². The Kier molecular flexibility index (Phi) is 8.98. The van der Waals surface area contributed by atoms with Gasteiger partial charge >= 0.3 is 6.09 Å². The molecule has 0 aromatic rings. The number of carbonyl (C=O) groups excluding carboxylic acids is 1. The van der Waals surface area contributed by atoms with Crippen molar-refractivity contribution < 1.29 is 22.7 Å². The van der Waals surface area contributed by atoms with Gasteiger partial charge in [-0.05, 0) is 52.6 Å². The molecule has 2 rings (SSSR count). The Bertz CT molecular complexity index is 584. The molecule has 164 valence electrons. The van der Waals surface area contributed by atoms with E-state index in [0.29, 0.717) is 19.1 Å². The second-order valence-electron chi connectivity index (χ2n) is 8.24. The van der Waals surface area contributed by atoms with Crippen LogP contribution in [0.2, 0.25) is 0 Å². The third kappa shape index (κ3) is 7.50. The molecule has 2 saturated heterocycles. The van der Waals surface area contributed by atoms with Crippen molar-refractivity contribution in [2.24, 2.45) is 0 Å². The number of hydrogen-bond acceptors (Lipinski definition) is 6. The van der Waals surface area contributed by atoms with E-state index in [-0.39, 0.29) is 25.3 Å². The number of sulfonamides is 1. The number of rotatable bonds is 8. The summed E-state index contributed by atoms with van der Waals surface area (Å²) in [5.74, 6) is 0. The molecule has 1 amide bonds. The Morgan fingerprint density at radius 1 is 1.11 bits per heavy atom. The summed E-state index contributed by atoms with van der Waals surface area (Å²) >= 11 is 0. The number of amides is 1. The van der Waals surface area contributed by atoms with Crippen LogP contribution in [-0.4, -0.2) is 99.5 Å². The molecule has 0 radical (unpaired) electrons. The first-order valence-corrected chi connectivity index (χ1v) is 12.2. The summed E-state index contributed by atoms with van der Waals surface area (Å²) in [6, 6.07) is 0.574. The molecule has 0 unspecified atom stereocenters. The van der Waals surface area contributed by atoms with Gasteiger partial charge in [-0.1, -0.05) is 6.42 Å². The van der Waals surface area contributed by atoms with E-state index in [1.54, 1.807) is 4.90 Å². The maximum Gasteiger partial charge on any atom is 0.409 e. The normalized spacial score (nSPS) is 21.3. The molecule has 2 heterocycles. The number of carbonyl (C=O) groups is 1. The van der Waals surface area contributed by atoms with Crippen molar-refractivity contribution in [1.29, 1.82) is 0 Å². The van der Waals surface area contributed by atoms with Gasteiger partial charge in [-0.2, -0.15) is 0 Å². The molecule has 0 aliphatic carbocycles. The quantitative estimate of drug-likeness (QED) is 0.596. The van der Waals surface area contributed by atoms with Gasteiger partial charge in [0.05, 0.1) is 12.4 Å². The second kappa shape index (κ2) is 10.8. The van der Waals surface area contributed by atoms with Gasteiger partial charge in [-0.3, -0.25) is 0 Å². The maximum absolute atomic E-state index is 12.5. The molecule has 9 heteroatoms. The zero-order valence-corrected chi connectivity index (χ0v) is 18.6. The van der Waals surface area contributed by atoms with Crippen molar-refractivity contribution in [2.45, 2.75) is 64.2 Å². The van der Waals surface area contributed by atoms with E-state index in [2.05, 4.69) is 4.90 Å². The first kappa shape index (κ1) is 23.4. The molecule has 28 heavy (non-hydrogen) atoms. The zero-order valence-electron chi connectivity index (χ0n) is 17.8. The van der Waals surface area contributed by atoms with Crippen LogP contribution in [0.15, 0.2) is 0 Å². The van der Waals surface area contributed by atoms with Gasteiger partial charge in [0.1, 0.15) is 12.7 Å². The van der Waals surface area contributed by atoms with Gasteiger partial charge in [0.2, 0.25) is 10.0 Å². The number of hydrogen-bond donors (Lipinski definition) is 0. The lowest BCUT2D eigenvalue weighted by Crippen LogP contribution is -2.48. The van der Waals surface area contributed by atoms with Crippen molar-refractivity contribution in [3.05, 3.63) is 0 Å². The van der Waals surface area contributed by atoms with Crippen LogP contribution in [0.1, 0.15) is 46.0 Å². The minimum atomic E-state index is -3.31. The van der Waals surface area contributed by atoms with Crippen molar-refractivity contribution in [2.75, 3.05) is 52.6 Å². The average molecular weight is 420 g/mol. The highest BCUT2D eigenvalue weighted by Gasteiger charge is 2.29. The van der Waals surface area contributed by atoms with Gasteiger partial charge in [-0.15, -0.1) is 0 Å². The molecule has 0 saturated carbocycles. The summed E-state index contributed by atoms with van der Waals surface area (Å²) in [6.07, 6.45) is 6.09. The Morgan fingerprint density at radius 2 is 1.71 bits per heavy atom. The van der Waals surface area contributed by atoms with Crippen LogP contribution in [0.25, 0.3) is 0 Å². The first-order chi connectivity index (χ1) is 13.2. The van der Waals surface area contributed by atoms with Crippen LogP contribution >= 0.6 is 0 Å². The predicted octanol–water partition coefficient (Wildman–Crippen LogP) is 1.76. The highest BCUT2D eigenvalue weighted by Crippen LogP contribution is 2.21. The van der Waals surface area contributed by atoms with Crippen LogP contribution in [0.3, 0.4) is 0 Å². The van der Waals surface area contributed by atoms with Crippen molar-refractivity contribution >= 4 is 16.1 Å². The van der Waals surface area contributed by atoms with Crippen LogP contribution in [0, 0.1) is 0 Å². The van der Waals surface area contributed by atoms with Gasteiger partial charge in [-0.25, -0.2) is 17.5 Å². The second-order valence-corrected chi connectivity index (χ2v) is 10.3. The molecule has 0 spiro atoms. The van der Waals surface area contributed by atoms with E-state index in [1.807, 2.05) is 13.8 Å². The lowest BCUT2D eigenvalue weighted by atomic mass is 10.0. The molecular formula is C19H37N3O5S. The number of likely N-dealkylation sites (N-methyl/N-ethyl adjacent to an activating group) is 1. The van der Waals surface area contributed by atoms with E-state index in [9.17, 15) is 13.2 Å². The van der Waals surface area contributed by atoms with E-state index in [4.69, 9.17) is 9.47 Å². The Balaban J connectivity index is 1.78. The van der Waals surface area contributed by atoms with Crippen LogP contribution < -0.4 is 0 Å². The van der Waals surface area contributed by atoms with E-state index < -0.39 is 16.1 Å². The third-order valence-electron chi connectivity index (χ3n) is 5.51. The molecule has 0 aromatic carbocycles. The molecule has 0 bridgehead atoms. The van der Waals surface area contributed by atoms with Gasteiger partial charge in [0.25, 0.3) is 0 Å². The van der Waals surface area contributed by atoms with Crippen molar-refractivity contribution in [3.8, 4) is 0 Å². The van der Waals surface area contributed by atoms with Gasteiger partial charge in [0, 0.05) is 32.7 Å². The predicted molar refractivity (Wildman–Crippen MR) is 109 cm³/mol. The van der Waals surface area contributed by atoms with Gasteiger partial charge in [0.15, 0.2) is 0 Å². The molecule has 0 N–H and O–H groups in total. The lowest BCUT2D eigenvalue weighted by Gasteiger charge is -2.39. The number of ether oxygens (including phenoxy) is 2. The van der Waals surface area contributed by atoms with Crippen LogP contribution in [0.5, 0.6) is 0 Å². The molecule has 1 atom stereocenters. The third-order valence-corrected chi connectivity index (χ3v) is 6.80. The molecule has 0 aromatic heterocycles. The number of likely N-dealkylation sites (tertiary alicyclic amines) is 2. The number of piperidine rings is 2.